The van der Waals surface area contributed by atoms with Crippen LogP contribution in [0.1, 0.15) is 0 Å². The van der Waals surface area contributed by atoms with E-state index in [-0.39, 0.29) is 0 Å². The van der Waals surface area contributed by atoms with E-state index in [2.05, 4.69) is 24.7 Å². The molecule has 0 aliphatic heterocycles. The molecule has 0 unspecified atom stereocenters. The number of hydrogen-bond donors (Lipinski definition) is 0. The first-order valence-electron chi connectivity index (χ1n) is 3.33. The van der Waals surface area contributed by atoms with Crippen LogP contribution >= 0.6 is 11.8 Å². The van der Waals surface area contributed by atoms with Crippen LogP contribution in [0.3, 0.4) is 0 Å². The van der Waals surface area contributed by atoms with Crippen LogP contribution in [-0.4, -0.2) is 6.26 Å². The quantitative estimate of drug-likeness (QED) is 0.599. The standard InChI is InChI=1S/C9H7OS/c1-11-9-3-2-7-5-10-6-8(7)4-9/h2-4,6H,1H3. The summed E-state index contributed by atoms with van der Waals surface area (Å²) in [7, 11) is 0. The fourth-order valence-corrected chi connectivity index (χ4v) is 1.46. The van der Waals surface area contributed by atoms with E-state index in [1.807, 2.05) is 6.07 Å². The van der Waals surface area contributed by atoms with Crippen molar-refractivity contribution in [1.82, 2.24) is 0 Å². The molecule has 0 aliphatic carbocycles. The van der Waals surface area contributed by atoms with E-state index in [0.717, 1.165) is 10.8 Å². The Morgan fingerprint density at radius 3 is 3.18 bits per heavy atom. The predicted molar refractivity (Wildman–Crippen MR) is 46.8 cm³/mol. The minimum Gasteiger partial charge on any atom is -0.460 e. The van der Waals surface area contributed by atoms with Crippen molar-refractivity contribution in [2.75, 3.05) is 6.26 Å². The van der Waals surface area contributed by atoms with Crippen LogP contribution < -0.4 is 0 Å². The molecule has 0 atom stereocenters. The van der Waals surface area contributed by atoms with Gasteiger partial charge in [0.2, 0.25) is 0 Å². The maximum atomic E-state index is 4.93. The zero-order chi connectivity index (χ0) is 7.68. The van der Waals surface area contributed by atoms with Gasteiger partial charge in [-0.3, -0.25) is 0 Å². The van der Waals surface area contributed by atoms with Crippen LogP contribution in [-0.2, 0) is 0 Å². The largest absolute Gasteiger partial charge is 0.460 e. The first-order chi connectivity index (χ1) is 5.40. The van der Waals surface area contributed by atoms with Crippen LogP contribution in [0.5, 0.6) is 0 Å². The molecule has 0 spiro atoms. The third-order valence-corrected chi connectivity index (χ3v) is 2.34. The van der Waals surface area contributed by atoms with Gasteiger partial charge in [0, 0.05) is 15.7 Å². The Labute approximate surface area is 69.4 Å². The van der Waals surface area contributed by atoms with Gasteiger partial charge in [-0.05, 0) is 24.5 Å². The summed E-state index contributed by atoms with van der Waals surface area (Å²) >= 11 is 1.73. The summed E-state index contributed by atoms with van der Waals surface area (Å²) in [5.41, 5.74) is 0. The summed E-state index contributed by atoms with van der Waals surface area (Å²) in [4.78, 5) is 1.26. The normalized spacial score (nSPS) is 10.6. The van der Waals surface area contributed by atoms with Crippen molar-refractivity contribution in [3.63, 3.8) is 0 Å². The maximum Gasteiger partial charge on any atom is 0.177 e. The molecule has 0 saturated heterocycles. The average Bonchev–Trinajstić information content (AvgIpc) is 2.50. The van der Waals surface area contributed by atoms with E-state index >= 15 is 0 Å². The van der Waals surface area contributed by atoms with Crippen LogP contribution in [0, 0.1) is 6.26 Å². The lowest BCUT2D eigenvalue weighted by atomic mass is 10.2. The number of hydrogen-bond acceptors (Lipinski definition) is 2. The van der Waals surface area contributed by atoms with Gasteiger partial charge in [-0.25, -0.2) is 0 Å². The van der Waals surface area contributed by atoms with Crippen molar-refractivity contribution < 1.29 is 4.42 Å². The molecule has 1 aromatic heterocycles. The molecule has 0 bridgehead atoms. The Bertz CT molecular complexity index is 364. The topological polar surface area (TPSA) is 13.1 Å². The summed E-state index contributed by atoms with van der Waals surface area (Å²) < 4.78 is 4.93. The molecule has 1 heterocycles. The van der Waals surface area contributed by atoms with Crippen molar-refractivity contribution in [3.05, 3.63) is 30.7 Å². The van der Waals surface area contributed by atoms with Crippen LogP contribution in [0.2, 0.25) is 0 Å². The minimum atomic E-state index is 1.04. The Kier molecular flexibility index (Phi) is 1.62. The molecular weight excluding hydrogens is 156 g/mol. The Hall–Kier alpha value is -0.890. The van der Waals surface area contributed by atoms with E-state index in [9.17, 15) is 0 Å². The second-order valence-corrected chi connectivity index (χ2v) is 3.17. The third kappa shape index (κ3) is 1.14. The zero-order valence-electron chi connectivity index (χ0n) is 6.13. The number of furan rings is 1. The molecule has 0 saturated carbocycles. The molecule has 1 aromatic carbocycles. The summed E-state index contributed by atoms with van der Waals surface area (Å²) in [5.74, 6) is 0. The summed E-state index contributed by atoms with van der Waals surface area (Å²) in [5, 5.41) is 2.17. The Morgan fingerprint density at radius 2 is 2.36 bits per heavy atom. The van der Waals surface area contributed by atoms with E-state index in [1.165, 1.54) is 4.90 Å². The van der Waals surface area contributed by atoms with E-state index in [0.29, 0.717) is 0 Å². The summed E-state index contributed by atoms with van der Waals surface area (Å²) in [6, 6.07) is 6.18. The highest BCUT2D eigenvalue weighted by Gasteiger charge is 1.96. The third-order valence-electron chi connectivity index (χ3n) is 1.61. The zero-order valence-corrected chi connectivity index (χ0v) is 6.94. The van der Waals surface area contributed by atoms with E-state index in [4.69, 9.17) is 4.42 Å². The molecule has 0 aliphatic rings. The van der Waals surface area contributed by atoms with Gasteiger partial charge in [-0.1, -0.05) is 0 Å². The molecule has 1 nitrogen and oxygen atoms in total. The molecule has 55 valence electrons. The van der Waals surface area contributed by atoms with E-state index in [1.54, 1.807) is 18.0 Å². The molecule has 0 N–H and O–H groups in total. The lowest BCUT2D eigenvalue weighted by Crippen LogP contribution is -1.67. The average molecular weight is 163 g/mol. The Morgan fingerprint density at radius 1 is 1.45 bits per heavy atom. The molecule has 2 heteroatoms. The first kappa shape index (κ1) is 6.80. The SMILES string of the molecule is CSc1ccc2[c]occ2c1. The lowest BCUT2D eigenvalue weighted by molar-refractivity contribution is 0.563. The number of thioether (sulfide) groups is 1. The van der Waals surface area contributed by atoms with Crippen LogP contribution in [0.15, 0.2) is 33.8 Å². The van der Waals surface area contributed by atoms with Crippen LogP contribution in [0.25, 0.3) is 10.8 Å². The van der Waals surface area contributed by atoms with Gasteiger partial charge in [-0.15, -0.1) is 11.8 Å². The number of benzene rings is 1. The first-order valence-corrected chi connectivity index (χ1v) is 4.55. The van der Waals surface area contributed by atoms with Crippen molar-refractivity contribution in [2.24, 2.45) is 0 Å². The molecular formula is C9H7OS. The van der Waals surface area contributed by atoms with Crippen molar-refractivity contribution in [2.45, 2.75) is 4.90 Å². The highest BCUT2D eigenvalue weighted by atomic mass is 32.2. The highest BCUT2D eigenvalue weighted by molar-refractivity contribution is 7.98. The smallest absolute Gasteiger partial charge is 0.177 e. The lowest BCUT2D eigenvalue weighted by Gasteiger charge is -1.92. The summed E-state index contributed by atoms with van der Waals surface area (Å²) in [6.07, 6.45) is 6.56. The van der Waals surface area contributed by atoms with Gasteiger partial charge in [0.15, 0.2) is 6.26 Å². The minimum absolute atomic E-state index is 1.04. The molecule has 0 amide bonds. The molecule has 11 heavy (non-hydrogen) atoms. The molecule has 2 rings (SSSR count). The van der Waals surface area contributed by atoms with Gasteiger partial charge in [0.1, 0.15) is 0 Å². The van der Waals surface area contributed by atoms with Gasteiger partial charge in [0.25, 0.3) is 0 Å². The van der Waals surface area contributed by atoms with Crippen molar-refractivity contribution in [1.29, 1.82) is 0 Å². The maximum absolute atomic E-state index is 4.93. The van der Waals surface area contributed by atoms with Gasteiger partial charge in [-0.2, -0.15) is 0 Å². The van der Waals surface area contributed by atoms with Gasteiger partial charge >= 0.3 is 0 Å². The monoisotopic (exact) mass is 163 g/mol. The van der Waals surface area contributed by atoms with Gasteiger partial charge in [0.05, 0.1) is 6.26 Å². The molecule has 1 radical (unpaired) electrons. The summed E-state index contributed by atoms with van der Waals surface area (Å²) in [6.45, 7) is 0. The second-order valence-electron chi connectivity index (χ2n) is 2.29. The Balaban J connectivity index is 2.67. The van der Waals surface area contributed by atoms with E-state index < -0.39 is 0 Å². The van der Waals surface area contributed by atoms with Crippen molar-refractivity contribution >= 4 is 22.5 Å². The second kappa shape index (κ2) is 2.62. The fourth-order valence-electron chi connectivity index (χ4n) is 1.01. The fraction of sp³-hybridized carbons (Fsp3) is 0.111. The molecule has 2 aromatic rings. The van der Waals surface area contributed by atoms with Crippen molar-refractivity contribution in [3.8, 4) is 0 Å². The van der Waals surface area contributed by atoms with Crippen LogP contribution in [0.4, 0.5) is 0 Å². The predicted octanol–water partition coefficient (Wildman–Crippen LogP) is 2.95. The number of rotatable bonds is 1. The molecule has 0 fully saturated rings. The van der Waals surface area contributed by atoms with Gasteiger partial charge < -0.3 is 4.42 Å². The highest BCUT2D eigenvalue weighted by Crippen LogP contribution is 2.21. The number of fused-ring (bicyclic) bond motifs is 1.